The Morgan fingerprint density at radius 2 is 1.96 bits per heavy atom. The highest BCUT2D eigenvalue weighted by atomic mass is 16.4. The third-order valence-electron chi connectivity index (χ3n) is 4.17. The van der Waals surface area contributed by atoms with Crippen molar-refractivity contribution in [1.82, 2.24) is 10.2 Å². The number of benzene rings is 1. The Balaban J connectivity index is 1.97. The Labute approximate surface area is 137 Å². The first-order chi connectivity index (χ1) is 11.0. The Kier molecular flexibility index (Phi) is 6.16. The number of carboxylic acids is 1. The van der Waals surface area contributed by atoms with E-state index < -0.39 is 11.9 Å². The van der Waals surface area contributed by atoms with Crippen LogP contribution in [0, 0.1) is 11.8 Å². The molecule has 2 rings (SSSR count). The number of hydrogen-bond acceptors (Lipinski definition) is 3. The van der Waals surface area contributed by atoms with E-state index in [1.807, 2.05) is 44.2 Å². The third-order valence-corrected chi connectivity index (χ3v) is 4.17. The molecule has 0 aliphatic carbocycles. The summed E-state index contributed by atoms with van der Waals surface area (Å²) >= 11 is 0. The van der Waals surface area contributed by atoms with E-state index in [0.717, 1.165) is 5.56 Å². The minimum absolute atomic E-state index is 0.0150. The second kappa shape index (κ2) is 8.11. The van der Waals surface area contributed by atoms with Crippen molar-refractivity contribution in [2.24, 2.45) is 11.8 Å². The number of aliphatic carboxylic acids is 1. The number of nitrogens with zero attached hydrogens (tertiary/aromatic N) is 1. The van der Waals surface area contributed by atoms with Gasteiger partial charge in [-0.3, -0.25) is 9.59 Å². The molecule has 0 aromatic heterocycles. The first-order valence-electron chi connectivity index (χ1n) is 8.23. The van der Waals surface area contributed by atoms with Gasteiger partial charge in [0.05, 0.1) is 5.92 Å². The lowest BCUT2D eigenvalue weighted by Crippen LogP contribution is -2.52. The molecule has 2 atom stereocenters. The van der Waals surface area contributed by atoms with Crippen LogP contribution in [-0.2, 0) is 16.1 Å². The number of carbonyl (C=O) groups excluding carboxylic acids is 1. The van der Waals surface area contributed by atoms with Crippen molar-refractivity contribution >= 4 is 11.9 Å². The highest BCUT2D eigenvalue weighted by Crippen LogP contribution is 2.19. The fraction of sp³-hybridized carbons (Fsp3) is 0.556. The van der Waals surface area contributed by atoms with Crippen LogP contribution in [0.25, 0.3) is 0 Å². The molecule has 23 heavy (non-hydrogen) atoms. The number of piperidine rings is 1. The van der Waals surface area contributed by atoms with Crippen molar-refractivity contribution < 1.29 is 14.7 Å². The molecule has 1 saturated heterocycles. The molecule has 5 nitrogen and oxygen atoms in total. The van der Waals surface area contributed by atoms with E-state index in [-0.39, 0.29) is 17.9 Å². The van der Waals surface area contributed by atoms with E-state index in [0.29, 0.717) is 32.5 Å². The monoisotopic (exact) mass is 318 g/mol. The van der Waals surface area contributed by atoms with Crippen molar-refractivity contribution in [2.75, 3.05) is 13.1 Å². The Bertz CT molecular complexity index is 530. The number of nitrogens with one attached hydrogen (secondary N) is 1. The first-order valence-corrected chi connectivity index (χ1v) is 8.23. The van der Waals surface area contributed by atoms with Crippen molar-refractivity contribution in [3.8, 4) is 0 Å². The predicted octanol–water partition coefficient (Wildman–Crippen LogP) is 2.12. The zero-order chi connectivity index (χ0) is 16.8. The van der Waals surface area contributed by atoms with E-state index in [2.05, 4.69) is 5.32 Å². The van der Waals surface area contributed by atoms with Gasteiger partial charge in [-0.2, -0.15) is 0 Å². The molecule has 0 bridgehead atoms. The molecule has 0 saturated carbocycles. The summed E-state index contributed by atoms with van der Waals surface area (Å²) in [5.41, 5.74) is 1.16. The molecule has 1 aromatic carbocycles. The summed E-state index contributed by atoms with van der Waals surface area (Å²) in [4.78, 5) is 25.4. The molecule has 126 valence electrons. The summed E-state index contributed by atoms with van der Waals surface area (Å²) in [5, 5.41) is 12.8. The fourth-order valence-electron chi connectivity index (χ4n) is 2.97. The van der Waals surface area contributed by atoms with E-state index in [1.165, 1.54) is 0 Å². The minimum atomic E-state index is -0.821. The lowest BCUT2D eigenvalue weighted by Gasteiger charge is -2.37. The van der Waals surface area contributed by atoms with Crippen LogP contribution in [0.1, 0.15) is 32.3 Å². The van der Waals surface area contributed by atoms with Gasteiger partial charge < -0.3 is 15.3 Å². The largest absolute Gasteiger partial charge is 0.481 e. The summed E-state index contributed by atoms with van der Waals surface area (Å²) in [6.45, 7) is 5.60. The van der Waals surface area contributed by atoms with E-state index in [9.17, 15) is 14.7 Å². The number of hydrogen-bond donors (Lipinski definition) is 2. The van der Waals surface area contributed by atoms with Gasteiger partial charge in [0.25, 0.3) is 0 Å². The normalized spacial score (nSPS) is 21.4. The van der Waals surface area contributed by atoms with Gasteiger partial charge in [-0.1, -0.05) is 44.2 Å². The van der Waals surface area contributed by atoms with Crippen molar-refractivity contribution in [1.29, 1.82) is 0 Å². The van der Waals surface area contributed by atoms with Gasteiger partial charge in [-0.05, 0) is 17.9 Å². The zero-order valence-corrected chi connectivity index (χ0v) is 13.9. The van der Waals surface area contributed by atoms with Gasteiger partial charge in [0.2, 0.25) is 5.91 Å². The highest BCUT2D eigenvalue weighted by Gasteiger charge is 2.33. The van der Waals surface area contributed by atoms with Gasteiger partial charge in [-0.15, -0.1) is 0 Å². The Morgan fingerprint density at radius 3 is 2.57 bits per heavy atom. The van der Waals surface area contributed by atoms with E-state index in [4.69, 9.17) is 0 Å². The maximum absolute atomic E-state index is 12.3. The summed E-state index contributed by atoms with van der Waals surface area (Å²) in [5.74, 6) is -0.979. The van der Waals surface area contributed by atoms with Crippen LogP contribution >= 0.6 is 0 Å². The van der Waals surface area contributed by atoms with Crippen LogP contribution in [0.2, 0.25) is 0 Å². The van der Waals surface area contributed by atoms with E-state index >= 15 is 0 Å². The van der Waals surface area contributed by atoms with Gasteiger partial charge in [0.1, 0.15) is 0 Å². The van der Waals surface area contributed by atoms with Crippen LogP contribution < -0.4 is 5.32 Å². The topological polar surface area (TPSA) is 69.6 Å². The minimum Gasteiger partial charge on any atom is -0.481 e. The standard InChI is InChI=1S/C18H26N2O3/c1-13(2)8-17(21)20-11-15(18(22)23)9-16(12-20)19-10-14-6-4-3-5-7-14/h3-7,13,15-16,19H,8-12H2,1-2H3,(H,22,23). The Morgan fingerprint density at radius 1 is 1.26 bits per heavy atom. The second-order valence-electron chi connectivity index (χ2n) is 6.73. The molecule has 1 aliphatic heterocycles. The number of amides is 1. The molecule has 1 amide bonds. The van der Waals surface area contributed by atoms with Gasteiger partial charge in [-0.25, -0.2) is 0 Å². The quantitative estimate of drug-likeness (QED) is 0.843. The second-order valence-corrected chi connectivity index (χ2v) is 6.73. The molecule has 5 heteroatoms. The molecule has 0 radical (unpaired) electrons. The smallest absolute Gasteiger partial charge is 0.308 e. The molecule has 1 aromatic rings. The summed E-state index contributed by atoms with van der Waals surface area (Å²) in [6.07, 6.45) is 1.03. The van der Waals surface area contributed by atoms with Crippen LogP contribution in [-0.4, -0.2) is 41.0 Å². The SMILES string of the molecule is CC(C)CC(=O)N1CC(NCc2ccccc2)CC(C(=O)O)C1. The van der Waals surface area contributed by atoms with Crippen molar-refractivity contribution in [3.05, 3.63) is 35.9 Å². The lowest BCUT2D eigenvalue weighted by atomic mass is 9.93. The molecular formula is C18H26N2O3. The van der Waals surface area contributed by atoms with Gasteiger partial charge in [0, 0.05) is 32.1 Å². The molecule has 1 aliphatic rings. The van der Waals surface area contributed by atoms with Crippen LogP contribution in [0.3, 0.4) is 0 Å². The maximum Gasteiger partial charge on any atom is 0.308 e. The van der Waals surface area contributed by atoms with Crippen LogP contribution in [0.4, 0.5) is 0 Å². The molecule has 1 heterocycles. The van der Waals surface area contributed by atoms with Crippen LogP contribution in [0.15, 0.2) is 30.3 Å². The third kappa shape index (κ3) is 5.36. The Hall–Kier alpha value is -1.88. The van der Waals surface area contributed by atoms with Crippen molar-refractivity contribution in [2.45, 2.75) is 39.3 Å². The molecule has 2 N–H and O–H groups in total. The molecule has 1 fully saturated rings. The molecule has 2 unspecified atom stereocenters. The number of likely N-dealkylation sites (tertiary alicyclic amines) is 1. The zero-order valence-electron chi connectivity index (χ0n) is 13.9. The summed E-state index contributed by atoms with van der Waals surface area (Å²) in [6, 6.07) is 10.0. The number of rotatable bonds is 6. The molecular weight excluding hydrogens is 292 g/mol. The lowest BCUT2D eigenvalue weighted by molar-refractivity contribution is -0.146. The molecule has 0 spiro atoms. The maximum atomic E-state index is 12.3. The summed E-state index contributed by atoms with van der Waals surface area (Å²) in [7, 11) is 0. The van der Waals surface area contributed by atoms with Gasteiger partial charge >= 0.3 is 5.97 Å². The predicted molar refractivity (Wildman–Crippen MR) is 88.8 cm³/mol. The van der Waals surface area contributed by atoms with E-state index in [1.54, 1.807) is 4.90 Å². The van der Waals surface area contributed by atoms with Gasteiger partial charge in [0.15, 0.2) is 0 Å². The first kappa shape index (κ1) is 17.5. The summed E-state index contributed by atoms with van der Waals surface area (Å²) < 4.78 is 0. The number of carbonyl (C=O) groups is 2. The highest BCUT2D eigenvalue weighted by molar-refractivity contribution is 5.78. The average Bonchev–Trinajstić information content (AvgIpc) is 2.53. The fourth-order valence-corrected chi connectivity index (χ4v) is 2.97. The number of carboxylic acid groups (broad SMARTS) is 1. The van der Waals surface area contributed by atoms with Crippen LogP contribution in [0.5, 0.6) is 0 Å². The average molecular weight is 318 g/mol. The van der Waals surface area contributed by atoms with Crippen molar-refractivity contribution in [3.63, 3.8) is 0 Å².